The molecule has 0 fully saturated rings. The summed E-state index contributed by atoms with van der Waals surface area (Å²) in [6.45, 7) is 5.77. The molecule has 2 aromatic rings. The highest BCUT2D eigenvalue weighted by molar-refractivity contribution is 7.99. The summed E-state index contributed by atoms with van der Waals surface area (Å²) in [7, 11) is 0. The highest BCUT2D eigenvalue weighted by atomic mass is 32.2. The van der Waals surface area contributed by atoms with Crippen molar-refractivity contribution in [3.8, 4) is 6.07 Å². The summed E-state index contributed by atoms with van der Waals surface area (Å²) in [6.07, 6.45) is 0. The molecule has 21 heavy (non-hydrogen) atoms. The average molecular weight is 300 g/mol. The predicted molar refractivity (Wildman–Crippen MR) is 78.2 cm³/mol. The van der Waals surface area contributed by atoms with Crippen molar-refractivity contribution >= 4 is 17.4 Å². The lowest BCUT2D eigenvalue weighted by Crippen LogP contribution is -1.98. The van der Waals surface area contributed by atoms with Gasteiger partial charge in [0.2, 0.25) is 0 Å². The standard InChI is InChI=1S/C14H12N4O2S/c1-8-9(2)16-14(17-10(8)3)21-12-4-5-13(18(19)20)11(6-12)7-15/h4-6H,1-3H3. The minimum Gasteiger partial charge on any atom is -0.258 e. The molecule has 0 bridgehead atoms. The second kappa shape index (κ2) is 5.89. The zero-order valence-electron chi connectivity index (χ0n) is 11.7. The zero-order chi connectivity index (χ0) is 15.6. The third-order valence-electron chi connectivity index (χ3n) is 3.11. The summed E-state index contributed by atoms with van der Waals surface area (Å²) in [5.41, 5.74) is 2.67. The van der Waals surface area contributed by atoms with Crippen molar-refractivity contribution in [3.63, 3.8) is 0 Å². The first kappa shape index (κ1) is 14.9. The molecule has 1 aromatic heterocycles. The van der Waals surface area contributed by atoms with Gasteiger partial charge in [-0.15, -0.1) is 0 Å². The summed E-state index contributed by atoms with van der Waals surface area (Å²) >= 11 is 1.28. The Morgan fingerprint density at radius 2 is 1.86 bits per heavy atom. The van der Waals surface area contributed by atoms with Crippen molar-refractivity contribution in [2.75, 3.05) is 0 Å². The van der Waals surface area contributed by atoms with E-state index in [4.69, 9.17) is 5.26 Å². The maximum atomic E-state index is 10.8. The minimum atomic E-state index is -0.566. The molecule has 0 radical (unpaired) electrons. The highest BCUT2D eigenvalue weighted by Crippen LogP contribution is 2.29. The molecule has 0 saturated carbocycles. The Morgan fingerprint density at radius 1 is 1.24 bits per heavy atom. The third-order valence-corrected chi connectivity index (χ3v) is 3.96. The van der Waals surface area contributed by atoms with Crippen molar-refractivity contribution in [1.82, 2.24) is 9.97 Å². The van der Waals surface area contributed by atoms with E-state index in [1.807, 2.05) is 26.8 Å². The summed E-state index contributed by atoms with van der Waals surface area (Å²) in [6, 6.07) is 6.24. The third kappa shape index (κ3) is 3.17. The molecule has 0 aliphatic carbocycles. The van der Waals surface area contributed by atoms with Crippen LogP contribution in [0, 0.1) is 42.2 Å². The van der Waals surface area contributed by atoms with E-state index < -0.39 is 4.92 Å². The fourth-order valence-corrected chi connectivity index (χ4v) is 2.61. The largest absolute Gasteiger partial charge is 0.287 e. The Hall–Kier alpha value is -2.46. The number of benzene rings is 1. The van der Waals surface area contributed by atoms with Crippen molar-refractivity contribution in [2.24, 2.45) is 0 Å². The van der Waals surface area contributed by atoms with E-state index in [9.17, 15) is 10.1 Å². The van der Waals surface area contributed by atoms with E-state index in [0.29, 0.717) is 10.1 Å². The molecule has 7 heteroatoms. The van der Waals surface area contributed by atoms with E-state index in [2.05, 4.69) is 9.97 Å². The molecule has 0 amide bonds. The van der Waals surface area contributed by atoms with Gasteiger partial charge in [-0.2, -0.15) is 5.26 Å². The lowest BCUT2D eigenvalue weighted by atomic mass is 10.2. The smallest absolute Gasteiger partial charge is 0.258 e. The second-order valence-electron chi connectivity index (χ2n) is 4.45. The molecular formula is C14H12N4O2S. The van der Waals surface area contributed by atoms with Gasteiger partial charge in [0.25, 0.3) is 5.69 Å². The molecule has 0 spiro atoms. The number of hydrogen-bond acceptors (Lipinski definition) is 6. The second-order valence-corrected chi connectivity index (χ2v) is 5.49. The van der Waals surface area contributed by atoms with E-state index in [-0.39, 0.29) is 11.3 Å². The topological polar surface area (TPSA) is 92.7 Å². The predicted octanol–water partition coefficient (Wildman–Crippen LogP) is 3.33. The van der Waals surface area contributed by atoms with Crippen LogP contribution in [0.1, 0.15) is 22.5 Å². The zero-order valence-corrected chi connectivity index (χ0v) is 12.6. The summed E-state index contributed by atoms with van der Waals surface area (Å²) in [5, 5.41) is 20.4. The van der Waals surface area contributed by atoms with Crippen LogP contribution in [0.3, 0.4) is 0 Å². The number of nitriles is 1. The first-order valence-electron chi connectivity index (χ1n) is 6.10. The van der Waals surface area contributed by atoms with Crippen LogP contribution >= 0.6 is 11.8 Å². The molecule has 106 valence electrons. The van der Waals surface area contributed by atoms with Crippen LogP contribution in [-0.2, 0) is 0 Å². The van der Waals surface area contributed by atoms with Crippen LogP contribution in [-0.4, -0.2) is 14.9 Å². The number of nitrogens with zero attached hydrogens (tertiary/aromatic N) is 4. The average Bonchev–Trinajstić information content (AvgIpc) is 2.44. The SMILES string of the molecule is Cc1nc(Sc2ccc([N+](=O)[O-])c(C#N)c2)nc(C)c1C. The lowest BCUT2D eigenvalue weighted by Gasteiger charge is -2.06. The van der Waals surface area contributed by atoms with E-state index in [1.165, 1.54) is 23.9 Å². The molecular weight excluding hydrogens is 288 g/mol. The van der Waals surface area contributed by atoms with Gasteiger partial charge < -0.3 is 0 Å². The normalized spacial score (nSPS) is 10.2. The molecule has 0 aliphatic heterocycles. The van der Waals surface area contributed by atoms with Gasteiger partial charge in [-0.3, -0.25) is 10.1 Å². The summed E-state index contributed by atoms with van der Waals surface area (Å²) in [4.78, 5) is 19.7. The Balaban J connectivity index is 2.37. The van der Waals surface area contributed by atoms with Gasteiger partial charge in [0.05, 0.1) is 4.92 Å². The van der Waals surface area contributed by atoms with Gasteiger partial charge >= 0.3 is 0 Å². The van der Waals surface area contributed by atoms with Gasteiger partial charge in [0.1, 0.15) is 11.6 Å². The quantitative estimate of drug-likeness (QED) is 0.490. The number of hydrogen-bond donors (Lipinski definition) is 0. The summed E-state index contributed by atoms with van der Waals surface area (Å²) < 4.78 is 0. The van der Waals surface area contributed by atoms with Crippen LogP contribution in [0.2, 0.25) is 0 Å². The van der Waals surface area contributed by atoms with E-state index >= 15 is 0 Å². The molecule has 1 heterocycles. The van der Waals surface area contributed by atoms with Crippen LogP contribution in [0.25, 0.3) is 0 Å². The molecule has 0 aliphatic rings. The Bertz CT molecular complexity index is 745. The lowest BCUT2D eigenvalue weighted by molar-refractivity contribution is -0.385. The maximum absolute atomic E-state index is 10.8. The fourth-order valence-electron chi connectivity index (χ4n) is 1.72. The Kier molecular flexibility index (Phi) is 4.19. The van der Waals surface area contributed by atoms with E-state index in [0.717, 1.165) is 17.0 Å². The highest BCUT2D eigenvalue weighted by Gasteiger charge is 2.15. The van der Waals surface area contributed by atoms with Gasteiger partial charge in [-0.05, 0) is 50.2 Å². The molecule has 0 N–H and O–H groups in total. The van der Waals surface area contributed by atoms with Crippen molar-refractivity contribution in [2.45, 2.75) is 30.8 Å². The maximum Gasteiger partial charge on any atom is 0.287 e. The summed E-state index contributed by atoms with van der Waals surface area (Å²) in [5.74, 6) is 0. The number of aromatic nitrogens is 2. The van der Waals surface area contributed by atoms with Crippen LogP contribution in [0.15, 0.2) is 28.3 Å². The molecule has 2 rings (SSSR count). The molecule has 6 nitrogen and oxygen atoms in total. The number of rotatable bonds is 3. The number of aryl methyl sites for hydroxylation is 2. The van der Waals surface area contributed by atoms with Crippen molar-refractivity contribution in [3.05, 3.63) is 50.8 Å². The van der Waals surface area contributed by atoms with Crippen LogP contribution < -0.4 is 0 Å². The van der Waals surface area contributed by atoms with Crippen molar-refractivity contribution < 1.29 is 4.92 Å². The Morgan fingerprint density at radius 3 is 2.38 bits per heavy atom. The van der Waals surface area contributed by atoms with Gasteiger partial charge in [-0.1, -0.05) is 0 Å². The number of nitro benzene ring substituents is 1. The number of nitro groups is 1. The first-order chi connectivity index (χ1) is 9.92. The van der Waals surface area contributed by atoms with Crippen LogP contribution in [0.5, 0.6) is 0 Å². The molecule has 0 unspecified atom stereocenters. The van der Waals surface area contributed by atoms with Crippen LogP contribution in [0.4, 0.5) is 5.69 Å². The Labute approximate surface area is 126 Å². The fraction of sp³-hybridized carbons (Fsp3) is 0.214. The van der Waals surface area contributed by atoms with Gasteiger partial charge in [0, 0.05) is 22.3 Å². The van der Waals surface area contributed by atoms with Gasteiger partial charge in [0.15, 0.2) is 5.16 Å². The molecule has 1 aromatic carbocycles. The minimum absolute atomic E-state index is 0.0329. The monoisotopic (exact) mass is 300 g/mol. The van der Waals surface area contributed by atoms with Gasteiger partial charge in [-0.25, -0.2) is 9.97 Å². The first-order valence-corrected chi connectivity index (χ1v) is 6.92. The van der Waals surface area contributed by atoms with Crippen molar-refractivity contribution in [1.29, 1.82) is 5.26 Å². The molecule has 0 saturated heterocycles. The molecule has 0 atom stereocenters. The van der Waals surface area contributed by atoms with E-state index in [1.54, 1.807) is 6.07 Å².